The number of methoxy groups -OCH3 is 1. The number of benzene rings is 2. The van der Waals surface area contributed by atoms with Gasteiger partial charge in [0.1, 0.15) is 11.6 Å². The summed E-state index contributed by atoms with van der Waals surface area (Å²) in [6, 6.07) is 19.0. The van der Waals surface area contributed by atoms with Crippen molar-refractivity contribution >= 4 is 5.69 Å². The molecule has 26 heavy (non-hydrogen) atoms. The van der Waals surface area contributed by atoms with Crippen molar-refractivity contribution in [2.24, 2.45) is 0 Å². The fourth-order valence-corrected chi connectivity index (χ4v) is 3.72. The largest absolute Gasteiger partial charge is 0.495 e. The molecule has 0 saturated carbocycles. The SMILES string of the molecule is COc1ccccc1N1CCN(C(c2ccccc2)c2ncc[nH]2)CC1. The maximum atomic E-state index is 5.53. The first-order valence-electron chi connectivity index (χ1n) is 9.03. The van der Waals surface area contributed by atoms with E-state index in [0.717, 1.165) is 37.8 Å². The number of imidazole rings is 1. The van der Waals surface area contributed by atoms with E-state index in [9.17, 15) is 0 Å². The van der Waals surface area contributed by atoms with Crippen molar-refractivity contribution in [2.45, 2.75) is 6.04 Å². The van der Waals surface area contributed by atoms with Crippen LogP contribution in [0.5, 0.6) is 5.75 Å². The topological polar surface area (TPSA) is 44.4 Å². The molecular formula is C21H24N4O. The maximum Gasteiger partial charge on any atom is 0.142 e. The zero-order valence-electron chi connectivity index (χ0n) is 15.0. The molecule has 4 rings (SSSR count). The van der Waals surface area contributed by atoms with Gasteiger partial charge in [-0.05, 0) is 17.7 Å². The molecule has 2 aromatic carbocycles. The molecule has 1 atom stereocenters. The molecule has 0 spiro atoms. The molecule has 1 aromatic heterocycles. The Hall–Kier alpha value is -2.79. The summed E-state index contributed by atoms with van der Waals surface area (Å²) in [5.41, 5.74) is 2.44. The van der Waals surface area contributed by atoms with Gasteiger partial charge in [-0.3, -0.25) is 4.90 Å². The second-order valence-electron chi connectivity index (χ2n) is 6.48. The minimum atomic E-state index is 0.158. The first-order chi connectivity index (χ1) is 12.9. The molecule has 134 valence electrons. The van der Waals surface area contributed by atoms with Crippen LogP contribution in [0.3, 0.4) is 0 Å². The molecule has 0 aliphatic carbocycles. The first-order valence-corrected chi connectivity index (χ1v) is 9.03. The van der Waals surface area contributed by atoms with Crippen molar-refractivity contribution in [3.63, 3.8) is 0 Å². The fraction of sp³-hybridized carbons (Fsp3) is 0.286. The number of hydrogen-bond donors (Lipinski definition) is 1. The number of ether oxygens (including phenoxy) is 1. The summed E-state index contributed by atoms with van der Waals surface area (Å²) in [7, 11) is 1.73. The van der Waals surface area contributed by atoms with E-state index in [1.807, 2.05) is 24.5 Å². The van der Waals surface area contributed by atoms with Crippen molar-refractivity contribution < 1.29 is 4.74 Å². The Labute approximate surface area is 154 Å². The number of para-hydroxylation sites is 2. The third-order valence-electron chi connectivity index (χ3n) is 5.00. The van der Waals surface area contributed by atoms with Crippen LogP contribution in [0.4, 0.5) is 5.69 Å². The zero-order valence-corrected chi connectivity index (χ0v) is 15.0. The van der Waals surface area contributed by atoms with Gasteiger partial charge in [-0.25, -0.2) is 4.98 Å². The second-order valence-corrected chi connectivity index (χ2v) is 6.48. The average Bonchev–Trinajstić information content (AvgIpc) is 3.24. The summed E-state index contributed by atoms with van der Waals surface area (Å²) in [6.45, 7) is 3.87. The highest BCUT2D eigenvalue weighted by atomic mass is 16.5. The van der Waals surface area contributed by atoms with E-state index >= 15 is 0 Å². The van der Waals surface area contributed by atoms with E-state index in [2.05, 4.69) is 62.2 Å². The highest BCUT2D eigenvalue weighted by molar-refractivity contribution is 5.58. The van der Waals surface area contributed by atoms with E-state index in [-0.39, 0.29) is 6.04 Å². The first kappa shape index (κ1) is 16.7. The Morgan fingerprint density at radius 3 is 2.38 bits per heavy atom. The Kier molecular flexibility index (Phi) is 4.88. The Morgan fingerprint density at radius 1 is 0.962 bits per heavy atom. The van der Waals surface area contributed by atoms with Crippen LogP contribution in [0.2, 0.25) is 0 Å². The van der Waals surface area contributed by atoms with Crippen molar-refractivity contribution in [3.8, 4) is 5.75 Å². The molecule has 0 bridgehead atoms. The summed E-state index contributed by atoms with van der Waals surface area (Å²) in [4.78, 5) is 12.8. The highest BCUT2D eigenvalue weighted by Crippen LogP contribution is 2.31. The number of nitrogens with zero attached hydrogens (tertiary/aromatic N) is 3. The summed E-state index contributed by atoms with van der Waals surface area (Å²) in [5.74, 6) is 1.94. The molecule has 0 amide bonds. The number of piperazine rings is 1. The monoisotopic (exact) mass is 348 g/mol. The summed E-state index contributed by atoms with van der Waals surface area (Å²) >= 11 is 0. The maximum absolute atomic E-state index is 5.53. The number of aromatic amines is 1. The Morgan fingerprint density at radius 2 is 1.69 bits per heavy atom. The van der Waals surface area contributed by atoms with Crippen molar-refractivity contribution in [2.75, 3.05) is 38.2 Å². The van der Waals surface area contributed by atoms with Gasteiger partial charge < -0.3 is 14.6 Å². The van der Waals surface area contributed by atoms with Crippen LogP contribution in [0.25, 0.3) is 0 Å². The predicted molar refractivity (Wildman–Crippen MR) is 104 cm³/mol. The Balaban J connectivity index is 1.54. The van der Waals surface area contributed by atoms with Gasteiger partial charge >= 0.3 is 0 Å². The minimum absolute atomic E-state index is 0.158. The average molecular weight is 348 g/mol. The number of H-pyrrole nitrogens is 1. The molecule has 1 aliphatic rings. The zero-order chi connectivity index (χ0) is 17.8. The number of anilines is 1. The van der Waals surface area contributed by atoms with Crippen LogP contribution in [-0.4, -0.2) is 48.2 Å². The van der Waals surface area contributed by atoms with E-state index in [1.165, 1.54) is 11.3 Å². The molecule has 1 aliphatic heterocycles. The van der Waals surface area contributed by atoms with Crippen molar-refractivity contribution in [3.05, 3.63) is 78.4 Å². The number of rotatable bonds is 5. The van der Waals surface area contributed by atoms with Gasteiger partial charge in [-0.1, -0.05) is 42.5 Å². The second kappa shape index (κ2) is 7.62. The number of hydrogen-bond acceptors (Lipinski definition) is 4. The van der Waals surface area contributed by atoms with Crippen LogP contribution >= 0.6 is 0 Å². The summed E-state index contributed by atoms with van der Waals surface area (Å²) in [5, 5.41) is 0. The van der Waals surface area contributed by atoms with Crippen LogP contribution in [-0.2, 0) is 0 Å². The van der Waals surface area contributed by atoms with Crippen LogP contribution in [0.15, 0.2) is 67.0 Å². The van der Waals surface area contributed by atoms with E-state index in [1.54, 1.807) is 7.11 Å². The minimum Gasteiger partial charge on any atom is -0.495 e. The van der Waals surface area contributed by atoms with Gasteiger partial charge in [-0.15, -0.1) is 0 Å². The summed E-state index contributed by atoms with van der Waals surface area (Å²) in [6.07, 6.45) is 3.73. The normalized spacial score (nSPS) is 16.4. The number of nitrogens with one attached hydrogen (secondary N) is 1. The lowest BCUT2D eigenvalue weighted by Crippen LogP contribution is -2.48. The molecule has 1 fully saturated rings. The van der Waals surface area contributed by atoms with Gasteiger partial charge in [0.25, 0.3) is 0 Å². The lowest BCUT2D eigenvalue weighted by atomic mass is 10.0. The molecule has 1 N–H and O–H groups in total. The highest BCUT2D eigenvalue weighted by Gasteiger charge is 2.28. The van der Waals surface area contributed by atoms with Gasteiger partial charge in [-0.2, -0.15) is 0 Å². The molecule has 3 aromatic rings. The number of aromatic nitrogens is 2. The Bertz CT molecular complexity index is 811. The van der Waals surface area contributed by atoms with Gasteiger partial charge in [0.15, 0.2) is 0 Å². The molecule has 0 radical (unpaired) electrons. The molecule has 5 nitrogen and oxygen atoms in total. The fourth-order valence-electron chi connectivity index (χ4n) is 3.72. The van der Waals surface area contributed by atoms with E-state index in [4.69, 9.17) is 4.74 Å². The predicted octanol–water partition coefficient (Wildman–Crippen LogP) is 3.33. The van der Waals surface area contributed by atoms with Crippen LogP contribution in [0, 0.1) is 0 Å². The van der Waals surface area contributed by atoms with Gasteiger partial charge in [0, 0.05) is 38.6 Å². The van der Waals surface area contributed by atoms with Crippen LogP contribution in [0.1, 0.15) is 17.4 Å². The quantitative estimate of drug-likeness (QED) is 0.768. The lowest BCUT2D eigenvalue weighted by Gasteiger charge is -2.40. The molecule has 1 saturated heterocycles. The smallest absolute Gasteiger partial charge is 0.142 e. The van der Waals surface area contributed by atoms with Crippen molar-refractivity contribution in [1.29, 1.82) is 0 Å². The molecular weight excluding hydrogens is 324 g/mol. The van der Waals surface area contributed by atoms with E-state index < -0.39 is 0 Å². The molecule has 2 heterocycles. The lowest BCUT2D eigenvalue weighted by molar-refractivity contribution is 0.206. The molecule has 5 heteroatoms. The standard InChI is InChI=1S/C21H24N4O/c1-26-19-10-6-5-9-18(19)24-13-15-25(16-14-24)20(21-22-11-12-23-21)17-7-3-2-4-8-17/h2-12,20H,13-16H2,1H3,(H,22,23). The summed E-state index contributed by atoms with van der Waals surface area (Å²) < 4.78 is 5.53. The third kappa shape index (κ3) is 3.30. The van der Waals surface area contributed by atoms with Gasteiger partial charge in [0.05, 0.1) is 18.8 Å². The van der Waals surface area contributed by atoms with Crippen molar-refractivity contribution in [1.82, 2.24) is 14.9 Å². The van der Waals surface area contributed by atoms with E-state index in [0.29, 0.717) is 0 Å². The van der Waals surface area contributed by atoms with Crippen LogP contribution < -0.4 is 9.64 Å². The third-order valence-corrected chi connectivity index (χ3v) is 5.00. The molecule has 1 unspecified atom stereocenters. The van der Waals surface area contributed by atoms with Gasteiger partial charge in [0.2, 0.25) is 0 Å².